The van der Waals surface area contributed by atoms with Gasteiger partial charge in [0.15, 0.2) is 5.82 Å². The highest BCUT2D eigenvalue weighted by Crippen LogP contribution is 2.31. The van der Waals surface area contributed by atoms with Gasteiger partial charge in [-0.15, -0.1) is 5.10 Å². The summed E-state index contributed by atoms with van der Waals surface area (Å²) in [5.41, 5.74) is 3.71. The van der Waals surface area contributed by atoms with Gasteiger partial charge in [-0.2, -0.15) is 0 Å². The van der Waals surface area contributed by atoms with Crippen molar-refractivity contribution in [3.63, 3.8) is 0 Å². The Kier molecular flexibility index (Phi) is 5.57. The largest absolute Gasteiger partial charge is 0.322 e. The summed E-state index contributed by atoms with van der Waals surface area (Å²) >= 11 is 0. The molecule has 7 nitrogen and oxygen atoms in total. The molecular formula is C25H28N6O. The monoisotopic (exact) mass is 428 g/mol. The molecule has 0 bridgehead atoms. The first-order valence-corrected chi connectivity index (χ1v) is 11.3. The number of aromatic nitrogens is 5. The van der Waals surface area contributed by atoms with Crippen LogP contribution in [0.3, 0.4) is 0 Å². The topological polar surface area (TPSA) is 79.7 Å². The zero-order chi connectivity index (χ0) is 22.1. The van der Waals surface area contributed by atoms with Crippen LogP contribution in [0.2, 0.25) is 0 Å². The standard InChI is InChI=1S/C25H28N6O/c1-17-10-11-20-14-21(25(32)26-22(20)13-17)23(30-12-6-7-18(2)15-30)24-27-28-29-31(24)16-19-8-4-3-5-9-19/h3-5,8-11,13-14,18,23H,6-7,12,15-16H2,1-2H3,(H,26,32). The van der Waals surface area contributed by atoms with Crippen LogP contribution in [0.25, 0.3) is 10.9 Å². The molecule has 0 radical (unpaired) electrons. The van der Waals surface area contributed by atoms with Gasteiger partial charge in [-0.05, 0) is 71.3 Å². The summed E-state index contributed by atoms with van der Waals surface area (Å²) in [6.07, 6.45) is 2.30. The minimum Gasteiger partial charge on any atom is -0.322 e. The van der Waals surface area contributed by atoms with Gasteiger partial charge in [0.2, 0.25) is 0 Å². The molecule has 0 spiro atoms. The fourth-order valence-electron chi connectivity index (χ4n) is 4.77. The highest BCUT2D eigenvalue weighted by atomic mass is 16.1. The minimum atomic E-state index is -0.300. The number of likely N-dealkylation sites (tertiary alicyclic amines) is 1. The second-order valence-electron chi connectivity index (χ2n) is 8.97. The number of piperidine rings is 1. The lowest BCUT2D eigenvalue weighted by atomic mass is 9.95. The second-order valence-corrected chi connectivity index (χ2v) is 8.97. The van der Waals surface area contributed by atoms with Crippen molar-refractivity contribution in [2.24, 2.45) is 5.92 Å². The van der Waals surface area contributed by atoms with Crippen molar-refractivity contribution >= 4 is 10.9 Å². The van der Waals surface area contributed by atoms with Crippen LogP contribution in [0.4, 0.5) is 0 Å². The van der Waals surface area contributed by atoms with E-state index in [1.54, 1.807) is 0 Å². The van der Waals surface area contributed by atoms with E-state index >= 15 is 0 Å². The molecule has 1 saturated heterocycles. The van der Waals surface area contributed by atoms with Gasteiger partial charge < -0.3 is 4.98 Å². The summed E-state index contributed by atoms with van der Waals surface area (Å²) in [6, 6.07) is 18.0. The Morgan fingerprint density at radius 2 is 2.00 bits per heavy atom. The number of nitrogens with zero attached hydrogens (tertiary/aromatic N) is 5. The van der Waals surface area contributed by atoms with Crippen LogP contribution in [-0.4, -0.2) is 43.2 Å². The predicted molar refractivity (Wildman–Crippen MR) is 124 cm³/mol. The molecule has 5 rings (SSSR count). The molecule has 2 aromatic carbocycles. The second kappa shape index (κ2) is 8.67. The van der Waals surface area contributed by atoms with E-state index in [1.165, 1.54) is 6.42 Å². The van der Waals surface area contributed by atoms with Gasteiger partial charge in [0.25, 0.3) is 5.56 Å². The van der Waals surface area contributed by atoms with Gasteiger partial charge >= 0.3 is 0 Å². The third-order valence-electron chi connectivity index (χ3n) is 6.36. The van der Waals surface area contributed by atoms with Crippen molar-refractivity contribution in [2.45, 2.75) is 39.3 Å². The van der Waals surface area contributed by atoms with Crippen LogP contribution in [0, 0.1) is 12.8 Å². The van der Waals surface area contributed by atoms with Gasteiger partial charge in [0.1, 0.15) is 6.04 Å². The van der Waals surface area contributed by atoms with Crippen LogP contribution in [0.15, 0.2) is 59.4 Å². The number of pyridine rings is 1. The Labute approximate surface area is 187 Å². The maximum absolute atomic E-state index is 13.3. The van der Waals surface area contributed by atoms with E-state index in [9.17, 15) is 4.79 Å². The van der Waals surface area contributed by atoms with Gasteiger partial charge in [0.05, 0.1) is 6.54 Å². The number of benzene rings is 2. The molecule has 7 heteroatoms. The Morgan fingerprint density at radius 1 is 1.16 bits per heavy atom. The Balaban J connectivity index is 1.62. The number of rotatable bonds is 5. The average Bonchev–Trinajstić information content (AvgIpc) is 3.23. The Bertz CT molecular complexity index is 1280. The number of tetrazole rings is 1. The lowest BCUT2D eigenvalue weighted by Crippen LogP contribution is -2.41. The molecule has 0 aliphatic carbocycles. The molecule has 32 heavy (non-hydrogen) atoms. The van der Waals surface area contributed by atoms with E-state index < -0.39 is 0 Å². The first-order valence-electron chi connectivity index (χ1n) is 11.3. The maximum Gasteiger partial charge on any atom is 0.253 e. The van der Waals surface area contributed by atoms with E-state index in [2.05, 4.69) is 56.6 Å². The number of aromatic amines is 1. The summed E-state index contributed by atoms with van der Waals surface area (Å²) in [4.78, 5) is 18.8. The molecular weight excluding hydrogens is 400 g/mol. The lowest BCUT2D eigenvalue weighted by molar-refractivity contribution is 0.141. The van der Waals surface area contributed by atoms with Gasteiger partial charge in [-0.25, -0.2) is 4.68 Å². The lowest BCUT2D eigenvalue weighted by Gasteiger charge is -2.36. The highest BCUT2D eigenvalue weighted by molar-refractivity contribution is 5.79. The Hall–Kier alpha value is -3.32. The van der Waals surface area contributed by atoms with Crippen molar-refractivity contribution in [3.8, 4) is 0 Å². The Morgan fingerprint density at radius 3 is 2.81 bits per heavy atom. The molecule has 1 aliphatic heterocycles. The number of aryl methyl sites for hydroxylation is 1. The first kappa shape index (κ1) is 20.6. The zero-order valence-electron chi connectivity index (χ0n) is 18.5. The molecule has 3 heterocycles. The van der Waals surface area contributed by atoms with E-state index in [0.717, 1.165) is 41.5 Å². The van der Waals surface area contributed by atoms with Crippen molar-refractivity contribution in [1.29, 1.82) is 0 Å². The molecule has 1 fully saturated rings. The quantitative estimate of drug-likeness (QED) is 0.524. The number of nitrogens with one attached hydrogen (secondary N) is 1. The van der Waals surface area contributed by atoms with Crippen LogP contribution < -0.4 is 5.56 Å². The fraction of sp³-hybridized carbons (Fsp3) is 0.360. The van der Waals surface area contributed by atoms with E-state index in [1.807, 2.05) is 41.9 Å². The van der Waals surface area contributed by atoms with Crippen LogP contribution in [-0.2, 0) is 6.54 Å². The van der Waals surface area contributed by atoms with Crippen molar-refractivity contribution < 1.29 is 0 Å². The van der Waals surface area contributed by atoms with Crippen LogP contribution in [0.5, 0.6) is 0 Å². The number of hydrogen-bond acceptors (Lipinski definition) is 5. The minimum absolute atomic E-state index is 0.0828. The SMILES string of the molecule is Cc1ccc2cc(C(c3nnnn3Cc3ccccc3)N3CCCC(C)C3)c(=O)[nH]c2c1. The smallest absolute Gasteiger partial charge is 0.253 e. The molecule has 4 aromatic rings. The molecule has 1 aliphatic rings. The van der Waals surface area contributed by atoms with Crippen molar-refractivity contribution in [2.75, 3.05) is 13.1 Å². The third kappa shape index (κ3) is 4.08. The summed E-state index contributed by atoms with van der Waals surface area (Å²) in [5, 5.41) is 13.7. The molecule has 0 saturated carbocycles. The van der Waals surface area contributed by atoms with E-state index in [4.69, 9.17) is 0 Å². The number of H-pyrrole nitrogens is 1. The predicted octanol–water partition coefficient (Wildman–Crippen LogP) is 3.69. The maximum atomic E-state index is 13.3. The van der Waals surface area contributed by atoms with Crippen LogP contribution >= 0.6 is 0 Å². The van der Waals surface area contributed by atoms with Crippen LogP contribution in [0.1, 0.15) is 48.3 Å². The summed E-state index contributed by atoms with van der Waals surface area (Å²) in [7, 11) is 0. The highest BCUT2D eigenvalue weighted by Gasteiger charge is 2.32. The normalized spacial score (nSPS) is 18.1. The molecule has 0 amide bonds. The van der Waals surface area contributed by atoms with Gasteiger partial charge in [-0.3, -0.25) is 9.69 Å². The summed E-state index contributed by atoms with van der Waals surface area (Å²) in [6.45, 7) is 6.69. The number of fused-ring (bicyclic) bond motifs is 1. The van der Waals surface area contributed by atoms with E-state index in [0.29, 0.717) is 23.9 Å². The molecule has 1 N–H and O–H groups in total. The van der Waals surface area contributed by atoms with Crippen molar-refractivity contribution in [3.05, 3.63) is 87.5 Å². The molecule has 2 atom stereocenters. The van der Waals surface area contributed by atoms with Crippen molar-refractivity contribution in [1.82, 2.24) is 30.1 Å². The zero-order valence-corrected chi connectivity index (χ0v) is 18.5. The molecule has 2 aromatic heterocycles. The summed E-state index contributed by atoms with van der Waals surface area (Å²) < 4.78 is 1.83. The number of hydrogen-bond donors (Lipinski definition) is 1. The molecule has 2 unspecified atom stereocenters. The van der Waals surface area contributed by atoms with Gasteiger partial charge in [-0.1, -0.05) is 49.4 Å². The summed E-state index contributed by atoms with van der Waals surface area (Å²) in [5.74, 6) is 1.27. The van der Waals surface area contributed by atoms with Gasteiger partial charge in [0, 0.05) is 17.6 Å². The van der Waals surface area contributed by atoms with E-state index in [-0.39, 0.29) is 11.6 Å². The average molecular weight is 429 g/mol. The first-order chi connectivity index (χ1) is 15.6. The molecule has 164 valence electrons. The third-order valence-corrected chi connectivity index (χ3v) is 6.36. The fourth-order valence-corrected chi connectivity index (χ4v) is 4.77.